The third-order valence-corrected chi connectivity index (χ3v) is 8.56. The van der Waals surface area contributed by atoms with E-state index in [2.05, 4.69) is 4.90 Å². The number of benzene rings is 2. The summed E-state index contributed by atoms with van der Waals surface area (Å²) in [7, 11) is -3.72. The Bertz CT molecular complexity index is 1110. The molecule has 2 atom stereocenters. The van der Waals surface area contributed by atoms with Gasteiger partial charge in [0.2, 0.25) is 10.0 Å². The van der Waals surface area contributed by atoms with Crippen molar-refractivity contribution in [3.05, 3.63) is 57.6 Å². The van der Waals surface area contributed by atoms with E-state index in [1.165, 1.54) is 4.31 Å². The van der Waals surface area contributed by atoms with Crippen molar-refractivity contribution in [2.24, 2.45) is 0 Å². The van der Waals surface area contributed by atoms with Crippen molar-refractivity contribution in [2.75, 3.05) is 24.5 Å². The molecule has 1 aliphatic heterocycles. The molecule has 2 unspecified atom stereocenters. The van der Waals surface area contributed by atoms with Crippen LogP contribution in [-0.4, -0.2) is 49.5 Å². The van der Waals surface area contributed by atoms with Gasteiger partial charge >= 0.3 is 5.97 Å². The average molecular weight is 469 g/mol. The Kier molecular flexibility index (Phi) is 5.74. The van der Waals surface area contributed by atoms with E-state index in [-0.39, 0.29) is 10.9 Å². The number of carbonyl (C=O) groups is 1. The minimum atomic E-state index is -3.72. The van der Waals surface area contributed by atoms with E-state index in [9.17, 15) is 18.3 Å². The Morgan fingerprint density at radius 2 is 1.87 bits per heavy atom. The second-order valence-corrected chi connectivity index (χ2v) is 10.5. The number of aliphatic carboxylic acids is 1. The highest BCUT2D eigenvalue weighted by Crippen LogP contribution is 2.36. The maximum atomic E-state index is 13.3. The molecule has 30 heavy (non-hydrogen) atoms. The fourth-order valence-corrected chi connectivity index (χ4v) is 6.18. The average Bonchev–Trinajstić information content (AvgIpc) is 3.13. The van der Waals surface area contributed by atoms with Crippen molar-refractivity contribution in [2.45, 2.75) is 36.6 Å². The highest BCUT2D eigenvalue weighted by atomic mass is 35.5. The first-order valence-corrected chi connectivity index (χ1v) is 12.0. The molecule has 0 spiro atoms. The van der Waals surface area contributed by atoms with Gasteiger partial charge in [-0.2, -0.15) is 4.31 Å². The van der Waals surface area contributed by atoms with Crippen LogP contribution in [0.15, 0.2) is 41.3 Å². The molecule has 0 amide bonds. The number of carboxylic acid groups (broad SMARTS) is 1. The number of aryl methyl sites for hydroxylation is 1. The van der Waals surface area contributed by atoms with Crippen LogP contribution in [0.1, 0.15) is 30.4 Å². The Hall–Kier alpha value is -1.80. The number of hydrogen-bond donors (Lipinski definition) is 1. The summed E-state index contributed by atoms with van der Waals surface area (Å²) in [6.45, 7) is 3.13. The molecule has 0 saturated carbocycles. The van der Waals surface area contributed by atoms with Crippen LogP contribution in [-0.2, 0) is 21.2 Å². The summed E-state index contributed by atoms with van der Waals surface area (Å²) >= 11 is 12.1. The highest BCUT2D eigenvalue weighted by Gasteiger charge is 2.35. The fourth-order valence-electron chi connectivity index (χ4n) is 4.34. The van der Waals surface area contributed by atoms with Crippen LogP contribution < -0.4 is 4.90 Å². The first-order valence-electron chi connectivity index (χ1n) is 9.76. The maximum Gasteiger partial charge on any atom is 0.310 e. The monoisotopic (exact) mass is 468 g/mol. The number of fused-ring (bicyclic) bond motifs is 1. The zero-order chi connectivity index (χ0) is 21.6. The summed E-state index contributed by atoms with van der Waals surface area (Å²) in [4.78, 5) is 13.8. The molecular weight excluding hydrogens is 447 g/mol. The number of nitrogens with zero attached hydrogens (tertiary/aromatic N) is 2. The second-order valence-electron chi connectivity index (χ2n) is 7.79. The lowest BCUT2D eigenvalue weighted by Crippen LogP contribution is -2.53. The molecule has 0 radical (unpaired) electrons. The van der Waals surface area contributed by atoms with Crippen LogP contribution in [0.4, 0.5) is 5.69 Å². The van der Waals surface area contributed by atoms with Crippen molar-refractivity contribution in [1.29, 1.82) is 0 Å². The molecule has 9 heteroatoms. The van der Waals surface area contributed by atoms with Gasteiger partial charge in [-0.25, -0.2) is 8.42 Å². The Labute approximate surface area is 186 Å². The normalized spacial score (nSPS) is 22.2. The lowest BCUT2D eigenvalue weighted by molar-refractivity contribution is -0.138. The molecule has 0 bridgehead atoms. The molecule has 2 aromatic rings. The molecule has 6 nitrogen and oxygen atoms in total. The van der Waals surface area contributed by atoms with E-state index < -0.39 is 21.9 Å². The quantitative estimate of drug-likeness (QED) is 0.733. The highest BCUT2D eigenvalue weighted by molar-refractivity contribution is 7.89. The fraction of sp³-hybridized carbons (Fsp3) is 0.381. The summed E-state index contributed by atoms with van der Waals surface area (Å²) in [6.07, 6.45) is 1.17. The first kappa shape index (κ1) is 21.4. The first-order chi connectivity index (χ1) is 14.2. The molecule has 1 aliphatic carbocycles. The molecule has 1 fully saturated rings. The zero-order valence-corrected chi connectivity index (χ0v) is 18.7. The number of rotatable bonds is 4. The van der Waals surface area contributed by atoms with Crippen molar-refractivity contribution in [1.82, 2.24) is 4.31 Å². The van der Waals surface area contributed by atoms with Gasteiger partial charge < -0.3 is 10.0 Å². The van der Waals surface area contributed by atoms with Gasteiger partial charge in [0, 0.05) is 31.4 Å². The number of sulfonamides is 1. The van der Waals surface area contributed by atoms with Crippen LogP contribution in [0.25, 0.3) is 0 Å². The van der Waals surface area contributed by atoms with Gasteiger partial charge in [0.15, 0.2) is 0 Å². The number of piperazine rings is 1. The van der Waals surface area contributed by atoms with Crippen LogP contribution in [0, 0.1) is 0 Å². The predicted molar refractivity (Wildman–Crippen MR) is 117 cm³/mol. The van der Waals surface area contributed by atoms with Gasteiger partial charge in [0.05, 0.1) is 20.9 Å². The summed E-state index contributed by atoms with van der Waals surface area (Å²) < 4.78 is 28.0. The molecular formula is C21H22Cl2N2O4S. The van der Waals surface area contributed by atoms with Crippen LogP contribution in [0.5, 0.6) is 0 Å². The lowest BCUT2D eigenvalue weighted by Gasteiger charge is -2.40. The van der Waals surface area contributed by atoms with Crippen molar-refractivity contribution in [3.8, 4) is 0 Å². The standard InChI is InChI=1S/C21H22Cl2N2O4S/c1-13-12-24(8-9-25(13)15-4-7-19(22)20(23)10-15)30(28,29)16-5-2-14-3-6-17(21(26)27)18(14)11-16/h2,4-5,7,10-11,13,17H,3,6,8-9,12H2,1H3,(H,26,27). The molecule has 2 aliphatic rings. The molecule has 1 heterocycles. The Morgan fingerprint density at radius 1 is 1.10 bits per heavy atom. The largest absolute Gasteiger partial charge is 0.481 e. The summed E-state index contributed by atoms with van der Waals surface area (Å²) in [5.41, 5.74) is 2.43. The Balaban J connectivity index is 1.56. The minimum Gasteiger partial charge on any atom is -0.481 e. The summed E-state index contributed by atoms with van der Waals surface area (Å²) in [6, 6.07) is 10.2. The van der Waals surface area contributed by atoms with Gasteiger partial charge in [-0.3, -0.25) is 4.79 Å². The summed E-state index contributed by atoms with van der Waals surface area (Å²) in [5.74, 6) is -1.55. The van der Waals surface area contributed by atoms with E-state index in [0.29, 0.717) is 48.1 Å². The van der Waals surface area contributed by atoms with Crippen molar-refractivity contribution < 1.29 is 18.3 Å². The maximum absolute atomic E-state index is 13.3. The molecule has 160 valence electrons. The molecule has 1 saturated heterocycles. The van der Waals surface area contributed by atoms with E-state index >= 15 is 0 Å². The topological polar surface area (TPSA) is 77.9 Å². The smallest absolute Gasteiger partial charge is 0.310 e. The van der Waals surface area contributed by atoms with Crippen LogP contribution in [0.3, 0.4) is 0 Å². The molecule has 4 rings (SSSR count). The molecule has 2 aromatic carbocycles. The van der Waals surface area contributed by atoms with E-state index in [1.807, 2.05) is 13.0 Å². The third-order valence-electron chi connectivity index (χ3n) is 5.96. The van der Waals surface area contributed by atoms with Crippen LogP contribution >= 0.6 is 23.2 Å². The SMILES string of the molecule is CC1CN(S(=O)(=O)c2ccc3c(c2)C(C(=O)O)CC3)CCN1c1ccc(Cl)c(Cl)c1. The number of halogens is 2. The molecule has 0 aromatic heterocycles. The third kappa shape index (κ3) is 3.80. The Morgan fingerprint density at radius 3 is 2.53 bits per heavy atom. The van der Waals surface area contributed by atoms with Gasteiger partial charge in [0.1, 0.15) is 0 Å². The van der Waals surface area contributed by atoms with E-state index in [4.69, 9.17) is 23.2 Å². The van der Waals surface area contributed by atoms with Crippen LogP contribution in [0.2, 0.25) is 10.0 Å². The summed E-state index contributed by atoms with van der Waals surface area (Å²) in [5, 5.41) is 10.4. The molecule has 1 N–H and O–H groups in total. The number of anilines is 1. The lowest BCUT2D eigenvalue weighted by atomic mass is 10.0. The van der Waals surface area contributed by atoms with E-state index in [0.717, 1.165) is 11.3 Å². The number of carboxylic acids is 1. The zero-order valence-electron chi connectivity index (χ0n) is 16.4. The minimum absolute atomic E-state index is 0.0630. The number of hydrogen-bond acceptors (Lipinski definition) is 4. The van der Waals surface area contributed by atoms with Gasteiger partial charge in [-0.15, -0.1) is 0 Å². The van der Waals surface area contributed by atoms with Crippen molar-refractivity contribution in [3.63, 3.8) is 0 Å². The van der Waals surface area contributed by atoms with Crippen molar-refractivity contribution >= 4 is 44.9 Å². The van der Waals surface area contributed by atoms with Gasteiger partial charge in [-0.05, 0) is 61.2 Å². The van der Waals surface area contributed by atoms with E-state index in [1.54, 1.807) is 30.3 Å². The predicted octanol–water partition coefficient (Wildman–Crippen LogP) is 4.01. The second kappa shape index (κ2) is 8.04. The van der Waals surface area contributed by atoms with Gasteiger partial charge in [-0.1, -0.05) is 29.3 Å². The van der Waals surface area contributed by atoms with Gasteiger partial charge in [0.25, 0.3) is 0 Å².